The van der Waals surface area contributed by atoms with Gasteiger partial charge in [-0.2, -0.15) is 0 Å². The SMILES string of the molecule is CC(C)(C)C1CCN1C(=O)N1CCS(=O)(=O)CC1. The number of urea groups is 1. The molecule has 2 amide bonds. The van der Waals surface area contributed by atoms with Gasteiger partial charge in [-0.1, -0.05) is 20.8 Å². The molecule has 2 fully saturated rings. The minimum absolute atomic E-state index is 0.0103. The van der Waals surface area contributed by atoms with Gasteiger partial charge in [0.1, 0.15) is 0 Å². The summed E-state index contributed by atoms with van der Waals surface area (Å²) in [5, 5.41) is 0. The monoisotopic (exact) mass is 274 g/mol. The molecular formula is C12H22N2O3S. The summed E-state index contributed by atoms with van der Waals surface area (Å²) < 4.78 is 22.7. The average Bonchev–Trinajstić information content (AvgIpc) is 2.12. The van der Waals surface area contributed by atoms with Crippen molar-refractivity contribution in [1.82, 2.24) is 9.80 Å². The fraction of sp³-hybridized carbons (Fsp3) is 0.917. The number of hydrogen-bond donors (Lipinski definition) is 0. The molecule has 1 atom stereocenters. The molecule has 2 aliphatic rings. The van der Waals surface area contributed by atoms with Gasteiger partial charge in [0, 0.05) is 25.7 Å². The van der Waals surface area contributed by atoms with Crippen LogP contribution < -0.4 is 0 Å². The first-order valence-electron chi connectivity index (χ1n) is 6.47. The van der Waals surface area contributed by atoms with E-state index in [0.29, 0.717) is 13.1 Å². The van der Waals surface area contributed by atoms with E-state index in [9.17, 15) is 13.2 Å². The Morgan fingerprint density at radius 2 is 1.67 bits per heavy atom. The summed E-state index contributed by atoms with van der Waals surface area (Å²) in [5.74, 6) is 0.208. The molecule has 2 aliphatic heterocycles. The zero-order valence-electron chi connectivity index (χ0n) is 11.3. The molecule has 0 saturated carbocycles. The van der Waals surface area contributed by atoms with Crippen molar-refractivity contribution in [2.75, 3.05) is 31.1 Å². The van der Waals surface area contributed by atoms with Crippen LogP contribution in [0.2, 0.25) is 0 Å². The Labute approximate surface area is 109 Å². The summed E-state index contributed by atoms with van der Waals surface area (Å²) in [4.78, 5) is 15.9. The lowest BCUT2D eigenvalue weighted by Crippen LogP contribution is -2.61. The van der Waals surface area contributed by atoms with Crippen LogP contribution in [0.25, 0.3) is 0 Å². The average molecular weight is 274 g/mol. The molecule has 2 saturated heterocycles. The van der Waals surface area contributed by atoms with E-state index in [1.807, 2.05) is 4.90 Å². The molecule has 18 heavy (non-hydrogen) atoms. The maximum absolute atomic E-state index is 12.3. The first-order chi connectivity index (χ1) is 8.21. The fourth-order valence-electron chi connectivity index (χ4n) is 2.60. The molecule has 2 rings (SSSR count). The molecule has 0 aromatic rings. The highest BCUT2D eigenvalue weighted by Crippen LogP contribution is 2.34. The maximum atomic E-state index is 12.3. The molecule has 0 radical (unpaired) electrons. The Morgan fingerprint density at radius 3 is 2.06 bits per heavy atom. The van der Waals surface area contributed by atoms with Gasteiger partial charge in [-0.3, -0.25) is 0 Å². The van der Waals surface area contributed by atoms with Crippen molar-refractivity contribution in [2.45, 2.75) is 33.2 Å². The second-order valence-corrected chi connectivity index (χ2v) is 8.59. The van der Waals surface area contributed by atoms with Crippen molar-refractivity contribution in [2.24, 2.45) is 5.41 Å². The third-order valence-electron chi connectivity index (χ3n) is 3.88. The largest absolute Gasteiger partial charge is 0.323 e. The van der Waals surface area contributed by atoms with Crippen molar-refractivity contribution in [3.63, 3.8) is 0 Å². The molecule has 0 spiro atoms. The highest BCUT2D eigenvalue weighted by atomic mass is 32.2. The van der Waals surface area contributed by atoms with Gasteiger partial charge in [0.2, 0.25) is 0 Å². The van der Waals surface area contributed by atoms with E-state index < -0.39 is 9.84 Å². The predicted octanol–water partition coefficient (Wildman–Crippen LogP) is 0.957. The van der Waals surface area contributed by atoms with Crippen molar-refractivity contribution in [3.05, 3.63) is 0 Å². The van der Waals surface area contributed by atoms with E-state index in [2.05, 4.69) is 20.8 Å². The number of hydrogen-bond acceptors (Lipinski definition) is 3. The number of sulfone groups is 1. The lowest BCUT2D eigenvalue weighted by atomic mass is 9.79. The molecule has 6 heteroatoms. The number of carbonyl (C=O) groups excluding carboxylic acids is 1. The standard InChI is InChI=1S/C12H22N2O3S/c1-12(2,3)10-4-5-14(10)11(15)13-6-8-18(16,17)9-7-13/h10H,4-9H2,1-3H3. The zero-order chi connectivity index (χ0) is 13.6. The lowest BCUT2D eigenvalue weighted by Gasteiger charge is -2.50. The van der Waals surface area contributed by atoms with Crippen molar-refractivity contribution in [1.29, 1.82) is 0 Å². The smallest absolute Gasteiger partial charge is 0.320 e. The van der Waals surface area contributed by atoms with Crippen molar-refractivity contribution in [3.8, 4) is 0 Å². The molecule has 2 heterocycles. The zero-order valence-corrected chi connectivity index (χ0v) is 12.2. The summed E-state index contributed by atoms with van der Waals surface area (Å²) in [6, 6.07) is 0.291. The minimum atomic E-state index is -2.92. The highest BCUT2D eigenvalue weighted by molar-refractivity contribution is 7.91. The minimum Gasteiger partial charge on any atom is -0.323 e. The van der Waals surface area contributed by atoms with Crippen LogP contribution >= 0.6 is 0 Å². The lowest BCUT2D eigenvalue weighted by molar-refractivity contribution is 0.0278. The van der Waals surface area contributed by atoms with E-state index in [-0.39, 0.29) is 29.0 Å². The first-order valence-corrected chi connectivity index (χ1v) is 8.29. The Hall–Kier alpha value is -0.780. The predicted molar refractivity (Wildman–Crippen MR) is 70.2 cm³/mol. The number of rotatable bonds is 0. The van der Waals surface area contributed by atoms with E-state index >= 15 is 0 Å². The summed E-state index contributed by atoms with van der Waals surface area (Å²) in [6.07, 6.45) is 1.04. The van der Waals surface area contributed by atoms with Gasteiger partial charge in [0.15, 0.2) is 9.84 Å². The van der Waals surface area contributed by atoms with Crippen LogP contribution in [-0.2, 0) is 9.84 Å². The Kier molecular flexibility index (Phi) is 3.34. The van der Waals surface area contributed by atoms with Crippen LogP contribution in [0.3, 0.4) is 0 Å². The number of nitrogens with zero attached hydrogens (tertiary/aromatic N) is 2. The molecule has 0 N–H and O–H groups in total. The molecule has 5 nitrogen and oxygen atoms in total. The van der Waals surface area contributed by atoms with E-state index in [1.165, 1.54) is 0 Å². The summed E-state index contributed by atoms with van der Waals surface area (Å²) in [7, 11) is -2.92. The third-order valence-corrected chi connectivity index (χ3v) is 5.49. The van der Waals surface area contributed by atoms with Gasteiger partial charge in [-0.05, 0) is 11.8 Å². The molecule has 0 aromatic carbocycles. The molecule has 0 bridgehead atoms. The molecular weight excluding hydrogens is 252 g/mol. The Morgan fingerprint density at radius 1 is 1.11 bits per heavy atom. The normalized spacial score (nSPS) is 27.8. The third kappa shape index (κ3) is 2.63. The van der Waals surface area contributed by atoms with Crippen molar-refractivity contribution >= 4 is 15.9 Å². The van der Waals surface area contributed by atoms with Crippen molar-refractivity contribution < 1.29 is 13.2 Å². The van der Waals surface area contributed by atoms with Crippen LogP contribution in [0.5, 0.6) is 0 Å². The molecule has 0 aromatic heterocycles. The molecule has 0 aliphatic carbocycles. The highest BCUT2D eigenvalue weighted by Gasteiger charge is 2.42. The maximum Gasteiger partial charge on any atom is 0.320 e. The number of carbonyl (C=O) groups is 1. The fourth-order valence-corrected chi connectivity index (χ4v) is 3.80. The second-order valence-electron chi connectivity index (χ2n) is 6.29. The van der Waals surface area contributed by atoms with Gasteiger partial charge >= 0.3 is 6.03 Å². The Balaban J connectivity index is 1.97. The van der Waals surface area contributed by atoms with Gasteiger partial charge in [-0.15, -0.1) is 0 Å². The van der Waals surface area contributed by atoms with Gasteiger partial charge in [-0.25, -0.2) is 13.2 Å². The van der Waals surface area contributed by atoms with Crippen LogP contribution in [0, 0.1) is 5.41 Å². The second kappa shape index (κ2) is 4.40. The first kappa shape index (κ1) is 13.6. The Bertz CT molecular complexity index is 425. The molecule has 1 unspecified atom stereocenters. The molecule has 104 valence electrons. The van der Waals surface area contributed by atoms with Gasteiger partial charge in [0.05, 0.1) is 11.5 Å². The van der Waals surface area contributed by atoms with E-state index in [1.54, 1.807) is 4.90 Å². The topological polar surface area (TPSA) is 57.7 Å². The summed E-state index contributed by atoms with van der Waals surface area (Å²) >= 11 is 0. The van der Waals surface area contributed by atoms with Gasteiger partial charge < -0.3 is 9.80 Å². The van der Waals surface area contributed by atoms with Crippen LogP contribution in [0.15, 0.2) is 0 Å². The van der Waals surface area contributed by atoms with E-state index in [4.69, 9.17) is 0 Å². The quantitative estimate of drug-likeness (QED) is 0.661. The van der Waals surface area contributed by atoms with Gasteiger partial charge in [0.25, 0.3) is 0 Å². The van der Waals surface area contributed by atoms with Crippen LogP contribution in [-0.4, -0.2) is 61.4 Å². The summed E-state index contributed by atoms with van der Waals surface area (Å²) in [5.41, 5.74) is 0.0930. The number of likely N-dealkylation sites (tertiary alicyclic amines) is 1. The van der Waals surface area contributed by atoms with Crippen LogP contribution in [0.4, 0.5) is 4.79 Å². The van der Waals surface area contributed by atoms with E-state index in [0.717, 1.165) is 13.0 Å². The van der Waals surface area contributed by atoms with Crippen LogP contribution in [0.1, 0.15) is 27.2 Å². The number of amides is 2. The summed E-state index contributed by atoms with van der Waals surface area (Å²) in [6.45, 7) is 7.89.